The van der Waals surface area contributed by atoms with E-state index in [-0.39, 0.29) is 0 Å². The maximum Gasteiger partial charge on any atom is 0.202 e. The van der Waals surface area contributed by atoms with E-state index >= 15 is 0 Å². The van der Waals surface area contributed by atoms with E-state index in [1.807, 2.05) is 0 Å². The Bertz CT molecular complexity index is 499. The third-order valence-electron chi connectivity index (χ3n) is 1.96. The van der Waals surface area contributed by atoms with Crippen LogP contribution in [0.5, 0.6) is 0 Å². The molecule has 16 heavy (non-hydrogen) atoms. The van der Waals surface area contributed by atoms with Gasteiger partial charge < -0.3 is 5.32 Å². The van der Waals surface area contributed by atoms with Gasteiger partial charge in [-0.25, -0.2) is 13.8 Å². The summed E-state index contributed by atoms with van der Waals surface area (Å²) in [7, 11) is 0. The fraction of sp³-hybridized carbons (Fsp3) is 0.200. The third-order valence-corrected chi connectivity index (χ3v) is 2.72. The Kier molecular flexibility index (Phi) is 3.09. The molecule has 0 bridgehead atoms. The summed E-state index contributed by atoms with van der Waals surface area (Å²) in [4.78, 5) is 4.09. The van der Waals surface area contributed by atoms with Crippen LogP contribution in [0.3, 0.4) is 0 Å². The van der Waals surface area contributed by atoms with Crippen molar-refractivity contribution in [3.63, 3.8) is 0 Å². The molecule has 0 radical (unpaired) electrons. The summed E-state index contributed by atoms with van der Waals surface area (Å²) < 4.78 is 29.5. The molecule has 2 rings (SSSR count). The zero-order chi connectivity index (χ0) is 11.5. The van der Waals surface area contributed by atoms with Crippen molar-refractivity contribution in [3.8, 4) is 0 Å². The standard InChI is InChI=1S/C10H9F2N3S/c1-6-14-10(16-15-6)13-5-7-2-3-8(11)9(12)4-7/h2-4H,5H2,1H3,(H,13,14,15). The van der Waals surface area contributed by atoms with Crippen LogP contribution in [-0.4, -0.2) is 9.36 Å². The number of benzene rings is 1. The highest BCUT2D eigenvalue weighted by Gasteiger charge is 2.03. The molecule has 0 atom stereocenters. The van der Waals surface area contributed by atoms with Crippen molar-refractivity contribution >= 4 is 16.7 Å². The van der Waals surface area contributed by atoms with Gasteiger partial charge in [0.1, 0.15) is 5.82 Å². The predicted octanol–water partition coefficient (Wildman–Crippen LogP) is 2.74. The Morgan fingerprint density at radius 1 is 1.31 bits per heavy atom. The van der Waals surface area contributed by atoms with Gasteiger partial charge in [-0.1, -0.05) is 6.07 Å². The molecular formula is C10H9F2N3S. The minimum absolute atomic E-state index is 0.395. The van der Waals surface area contributed by atoms with Gasteiger partial charge in [0.05, 0.1) is 0 Å². The molecule has 0 unspecified atom stereocenters. The van der Waals surface area contributed by atoms with Gasteiger partial charge in [0.15, 0.2) is 11.6 Å². The van der Waals surface area contributed by atoms with Crippen molar-refractivity contribution in [1.29, 1.82) is 0 Å². The van der Waals surface area contributed by atoms with Gasteiger partial charge in [0.2, 0.25) is 5.13 Å². The minimum Gasteiger partial charge on any atom is -0.356 e. The average Bonchev–Trinajstić information content (AvgIpc) is 2.66. The van der Waals surface area contributed by atoms with Crippen molar-refractivity contribution in [3.05, 3.63) is 41.2 Å². The normalized spacial score (nSPS) is 10.4. The van der Waals surface area contributed by atoms with Crippen LogP contribution in [0.4, 0.5) is 13.9 Å². The number of hydrogen-bond donors (Lipinski definition) is 1. The summed E-state index contributed by atoms with van der Waals surface area (Å²) in [5.74, 6) is -0.985. The van der Waals surface area contributed by atoms with Gasteiger partial charge in [0.25, 0.3) is 0 Å². The molecule has 6 heteroatoms. The van der Waals surface area contributed by atoms with Gasteiger partial charge in [-0.2, -0.15) is 4.37 Å². The zero-order valence-corrected chi connectivity index (χ0v) is 9.31. The van der Waals surface area contributed by atoms with Crippen LogP contribution in [0.25, 0.3) is 0 Å². The molecule has 0 aliphatic carbocycles. The van der Waals surface area contributed by atoms with Crippen LogP contribution in [0, 0.1) is 18.6 Å². The van der Waals surface area contributed by atoms with E-state index in [1.54, 1.807) is 6.92 Å². The quantitative estimate of drug-likeness (QED) is 0.897. The lowest BCUT2D eigenvalue weighted by Crippen LogP contribution is -2.00. The number of nitrogens with one attached hydrogen (secondary N) is 1. The van der Waals surface area contributed by atoms with Gasteiger partial charge in [0, 0.05) is 18.1 Å². The SMILES string of the molecule is Cc1nsc(NCc2ccc(F)c(F)c2)n1. The molecule has 0 aliphatic rings. The van der Waals surface area contributed by atoms with E-state index in [0.717, 1.165) is 12.1 Å². The molecule has 0 saturated heterocycles. The van der Waals surface area contributed by atoms with Gasteiger partial charge in [-0.15, -0.1) is 0 Å². The Morgan fingerprint density at radius 2 is 2.12 bits per heavy atom. The van der Waals surface area contributed by atoms with E-state index in [1.165, 1.54) is 17.6 Å². The number of aromatic nitrogens is 2. The van der Waals surface area contributed by atoms with E-state index in [4.69, 9.17) is 0 Å². The highest BCUT2D eigenvalue weighted by Crippen LogP contribution is 2.13. The molecule has 2 aromatic rings. The predicted molar refractivity (Wildman–Crippen MR) is 58.3 cm³/mol. The second-order valence-electron chi connectivity index (χ2n) is 3.25. The van der Waals surface area contributed by atoms with Crippen LogP contribution < -0.4 is 5.32 Å². The van der Waals surface area contributed by atoms with E-state index < -0.39 is 11.6 Å². The van der Waals surface area contributed by atoms with Crippen molar-refractivity contribution in [1.82, 2.24) is 9.36 Å². The number of hydrogen-bond acceptors (Lipinski definition) is 4. The summed E-state index contributed by atoms with van der Waals surface area (Å²) >= 11 is 1.24. The molecule has 1 aromatic carbocycles. The fourth-order valence-corrected chi connectivity index (χ4v) is 1.77. The molecule has 0 amide bonds. The van der Waals surface area contributed by atoms with Crippen molar-refractivity contribution < 1.29 is 8.78 Å². The number of aryl methyl sites for hydroxylation is 1. The lowest BCUT2D eigenvalue weighted by Gasteiger charge is -2.02. The monoisotopic (exact) mass is 241 g/mol. The van der Waals surface area contributed by atoms with Gasteiger partial charge >= 0.3 is 0 Å². The second-order valence-corrected chi connectivity index (χ2v) is 4.00. The summed E-state index contributed by atoms with van der Waals surface area (Å²) in [5.41, 5.74) is 0.659. The summed E-state index contributed by atoms with van der Waals surface area (Å²) in [6, 6.07) is 3.80. The minimum atomic E-state index is -0.840. The van der Waals surface area contributed by atoms with Gasteiger partial charge in [-0.05, 0) is 24.6 Å². The Hall–Kier alpha value is -1.56. The Morgan fingerprint density at radius 3 is 2.75 bits per heavy atom. The van der Waals surface area contributed by atoms with Crippen LogP contribution >= 0.6 is 11.5 Å². The molecule has 1 heterocycles. The zero-order valence-electron chi connectivity index (χ0n) is 8.50. The maximum absolute atomic E-state index is 12.9. The number of rotatable bonds is 3. The number of halogens is 2. The molecule has 0 aliphatic heterocycles. The Balaban J connectivity index is 2.02. The van der Waals surface area contributed by atoms with E-state index in [0.29, 0.717) is 23.1 Å². The largest absolute Gasteiger partial charge is 0.356 e. The molecule has 1 N–H and O–H groups in total. The fourth-order valence-electron chi connectivity index (χ4n) is 1.20. The van der Waals surface area contributed by atoms with E-state index in [2.05, 4.69) is 14.7 Å². The molecular weight excluding hydrogens is 232 g/mol. The van der Waals surface area contributed by atoms with Crippen LogP contribution in [0.15, 0.2) is 18.2 Å². The first kappa shape index (κ1) is 10.9. The maximum atomic E-state index is 12.9. The van der Waals surface area contributed by atoms with Crippen LogP contribution in [0.2, 0.25) is 0 Å². The van der Waals surface area contributed by atoms with Crippen LogP contribution in [0.1, 0.15) is 11.4 Å². The van der Waals surface area contributed by atoms with E-state index in [9.17, 15) is 8.78 Å². The first-order valence-electron chi connectivity index (χ1n) is 4.63. The first-order chi connectivity index (χ1) is 7.65. The summed E-state index contributed by atoms with van der Waals surface area (Å²) in [5, 5.41) is 3.65. The van der Waals surface area contributed by atoms with Crippen molar-refractivity contribution in [2.45, 2.75) is 13.5 Å². The highest BCUT2D eigenvalue weighted by atomic mass is 32.1. The number of anilines is 1. The highest BCUT2D eigenvalue weighted by molar-refractivity contribution is 7.09. The summed E-state index contributed by atoms with van der Waals surface area (Å²) in [6.45, 7) is 2.19. The molecule has 0 saturated carbocycles. The number of nitrogens with zero attached hydrogens (tertiary/aromatic N) is 2. The summed E-state index contributed by atoms with van der Waals surface area (Å²) in [6.07, 6.45) is 0. The smallest absolute Gasteiger partial charge is 0.202 e. The van der Waals surface area contributed by atoms with Crippen LogP contribution in [-0.2, 0) is 6.54 Å². The first-order valence-corrected chi connectivity index (χ1v) is 5.40. The molecule has 84 valence electrons. The second kappa shape index (κ2) is 4.52. The average molecular weight is 241 g/mol. The lowest BCUT2D eigenvalue weighted by atomic mass is 10.2. The lowest BCUT2D eigenvalue weighted by molar-refractivity contribution is 0.507. The van der Waals surface area contributed by atoms with Crippen molar-refractivity contribution in [2.75, 3.05) is 5.32 Å². The van der Waals surface area contributed by atoms with Gasteiger partial charge in [-0.3, -0.25) is 0 Å². The molecule has 3 nitrogen and oxygen atoms in total. The topological polar surface area (TPSA) is 37.8 Å². The molecule has 0 fully saturated rings. The van der Waals surface area contributed by atoms with Crippen molar-refractivity contribution in [2.24, 2.45) is 0 Å². The Labute approximate surface area is 95.3 Å². The third kappa shape index (κ3) is 2.52. The molecule has 0 spiro atoms. The molecule has 1 aromatic heterocycles.